The third kappa shape index (κ3) is 1.67. The molecule has 98 valence electrons. The molecule has 0 amide bonds. The van der Waals surface area contributed by atoms with Crippen molar-refractivity contribution < 1.29 is 14.6 Å². The summed E-state index contributed by atoms with van der Waals surface area (Å²) in [6.07, 6.45) is 0. The summed E-state index contributed by atoms with van der Waals surface area (Å²) in [6.45, 7) is 1.54. The second kappa shape index (κ2) is 3.91. The zero-order valence-electron chi connectivity index (χ0n) is 9.97. The first kappa shape index (κ1) is 11.4. The van der Waals surface area contributed by atoms with Crippen LogP contribution in [-0.2, 0) is 0 Å². The minimum atomic E-state index is -0.716. The van der Waals surface area contributed by atoms with Crippen molar-refractivity contribution in [3.8, 4) is 23.1 Å². The second-order valence-corrected chi connectivity index (χ2v) is 4.08. The SMILES string of the molecule is Cc1c(O)n(-c2ccc3c(c2)OCO3)c(=O)[nH]c1=O. The fourth-order valence-electron chi connectivity index (χ4n) is 1.88. The van der Waals surface area contributed by atoms with Gasteiger partial charge in [0.25, 0.3) is 5.56 Å². The van der Waals surface area contributed by atoms with Gasteiger partial charge in [0, 0.05) is 6.07 Å². The van der Waals surface area contributed by atoms with Crippen molar-refractivity contribution in [2.24, 2.45) is 0 Å². The maximum absolute atomic E-state index is 11.8. The van der Waals surface area contributed by atoms with E-state index in [4.69, 9.17) is 9.47 Å². The predicted molar refractivity (Wildman–Crippen MR) is 65.2 cm³/mol. The smallest absolute Gasteiger partial charge is 0.335 e. The fourth-order valence-corrected chi connectivity index (χ4v) is 1.88. The molecule has 0 saturated carbocycles. The molecule has 2 N–H and O–H groups in total. The van der Waals surface area contributed by atoms with Crippen molar-refractivity contribution in [3.63, 3.8) is 0 Å². The van der Waals surface area contributed by atoms with Gasteiger partial charge in [-0.3, -0.25) is 9.78 Å². The third-order valence-corrected chi connectivity index (χ3v) is 2.93. The van der Waals surface area contributed by atoms with Gasteiger partial charge in [-0.25, -0.2) is 9.36 Å². The second-order valence-electron chi connectivity index (χ2n) is 4.08. The van der Waals surface area contributed by atoms with E-state index in [2.05, 4.69) is 4.98 Å². The van der Waals surface area contributed by atoms with E-state index < -0.39 is 17.1 Å². The molecule has 1 aromatic carbocycles. The molecule has 0 fully saturated rings. The molecule has 0 aliphatic carbocycles. The van der Waals surface area contributed by atoms with Crippen LogP contribution in [-0.4, -0.2) is 21.5 Å². The Labute approximate surface area is 106 Å². The van der Waals surface area contributed by atoms with Crippen LogP contribution in [0.5, 0.6) is 17.4 Å². The number of nitrogens with one attached hydrogen (secondary N) is 1. The molecule has 2 aromatic rings. The van der Waals surface area contributed by atoms with Crippen LogP contribution >= 0.6 is 0 Å². The van der Waals surface area contributed by atoms with E-state index in [1.165, 1.54) is 6.92 Å². The van der Waals surface area contributed by atoms with Gasteiger partial charge in [0.05, 0.1) is 11.3 Å². The minimum Gasteiger partial charge on any atom is -0.494 e. The first-order chi connectivity index (χ1) is 9.08. The summed E-state index contributed by atoms with van der Waals surface area (Å²) in [6, 6.07) is 4.78. The Hall–Kier alpha value is -2.70. The van der Waals surface area contributed by atoms with Crippen molar-refractivity contribution in [2.75, 3.05) is 6.79 Å². The monoisotopic (exact) mass is 262 g/mol. The number of hydrogen-bond acceptors (Lipinski definition) is 5. The van der Waals surface area contributed by atoms with Gasteiger partial charge in [0.2, 0.25) is 12.7 Å². The van der Waals surface area contributed by atoms with E-state index in [0.29, 0.717) is 17.2 Å². The van der Waals surface area contributed by atoms with Crippen LogP contribution in [0.1, 0.15) is 5.56 Å². The highest BCUT2D eigenvalue weighted by atomic mass is 16.7. The molecule has 0 radical (unpaired) electrons. The normalized spacial score (nSPS) is 12.7. The van der Waals surface area contributed by atoms with Crippen LogP contribution in [0.25, 0.3) is 5.69 Å². The fraction of sp³-hybridized carbons (Fsp3) is 0.167. The molecule has 2 heterocycles. The summed E-state index contributed by atoms with van der Waals surface area (Å²) in [7, 11) is 0. The summed E-state index contributed by atoms with van der Waals surface area (Å²) in [4.78, 5) is 25.3. The van der Waals surface area contributed by atoms with E-state index in [1.807, 2.05) is 0 Å². The Kier molecular flexibility index (Phi) is 2.34. The van der Waals surface area contributed by atoms with Crippen molar-refractivity contribution in [1.82, 2.24) is 9.55 Å². The molecule has 0 atom stereocenters. The zero-order chi connectivity index (χ0) is 13.6. The van der Waals surface area contributed by atoms with Crippen LogP contribution in [0, 0.1) is 6.92 Å². The molecule has 7 nitrogen and oxygen atoms in total. The van der Waals surface area contributed by atoms with Crippen molar-refractivity contribution >= 4 is 0 Å². The highest BCUT2D eigenvalue weighted by Crippen LogP contribution is 2.34. The number of nitrogens with zero attached hydrogens (tertiary/aromatic N) is 1. The van der Waals surface area contributed by atoms with Gasteiger partial charge in [0.1, 0.15) is 0 Å². The average Bonchev–Trinajstić information content (AvgIpc) is 2.83. The summed E-state index contributed by atoms with van der Waals surface area (Å²) < 4.78 is 11.4. The molecule has 0 unspecified atom stereocenters. The van der Waals surface area contributed by atoms with Gasteiger partial charge in [-0.05, 0) is 19.1 Å². The molecule has 1 aliphatic heterocycles. The van der Waals surface area contributed by atoms with Gasteiger partial charge in [0.15, 0.2) is 11.5 Å². The summed E-state index contributed by atoms with van der Waals surface area (Å²) in [5.41, 5.74) is -0.880. The Bertz CT molecular complexity index is 775. The first-order valence-electron chi connectivity index (χ1n) is 5.53. The number of aromatic amines is 1. The number of rotatable bonds is 1. The topological polar surface area (TPSA) is 93.6 Å². The highest BCUT2D eigenvalue weighted by molar-refractivity contribution is 5.51. The van der Waals surface area contributed by atoms with E-state index in [-0.39, 0.29) is 12.4 Å². The molecule has 0 spiro atoms. The largest absolute Gasteiger partial charge is 0.494 e. The lowest BCUT2D eigenvalue weighted by Gasteiger charge is -2.09. The van der Waals surface area contributed by atoms with Gasteiger partial charge < -0.3 is 14.6 Å². The highest BCUT2D eigenvalue weighted by Gasteiger charge is 2.17. The van der Waals surface area contributed by atoms with Crippen LogP contribution in [0.4, 0.5) is 0 Å². The third-order valence-electron chi connectivity index (χ3n) is 2.93. The van der Waals surface area contributed by atoms with Gasteiger partial charge in [-0.1, -0.05) is 0 Å². The number of ether oxygens (including phenoxy) is 2. The predicted octanol–water partition coefficient (Wildman–Crippen LogP) is 0.269. The van der Waals surface area contributed by atoms with E-state index in [0.717, 1.165) is 4.57 Å². The Morgan fingerprint density at radius 2 is 2.00 bits per heavy atom. The van der Waals surface area contributed by atoms with Crippen molar-refractivity contribution in [1.29, 1.82) is 0 Å². The van der Waals surface area contributed by atoms with Gasteiger partial charge >= 0.3 is 5.69 Å². The molecule has 0 bridgehead atoms. The number of aromatic hydroxyl groups is 1. The van der Waals surface area contributed by atoms with E-state index in [1.54, 1.807) is 18.2 Å². The molecular formula is C12H10N2O5. The summed E-state index contributed by atoms with van der Waals surface area (Å²) in [5, 5.41) is 9.93. The maximum Gasteiger partial charge on any atom is 0.335 e. The molecule has 1 aromatic heterocycles. The summed E-state index contributed by atoms with van der Waals surface area (Å²) in [5.74, 6) is 0.651. The van der Waals surface area contributed by atoms with Crippen LogP contribution in [0.3, 0.4) is 0 Å². The van der Waals surface area contributed by atoms with Crippen LogP contribution < -0.4 is 20.7 Å². The average molecular weight is 262 g/mol. The van der Waals surface area contributed by atoms with Crippen molar-refractivity contribution in [3.05, 3.63) is 44.6 Å². The molecule has 0 saturated heterocycles. The number of hydrogen-bond donors (Lipinski definition) is 2. The Morgan fingerprint density at radius 1 is 1.26 bits per heavy atom. The Morgan fingerprint density at radius 3 is 2.79 bits per heavy atom. The van der Waals surface area contributed by atoms with Gasteiger partial charge in [-0.2, -0.15) is 0 Å². The lowest BCUT2D eigenvalue weighted by atomic mass is 10.2. The van der Waals surface area contributed by atoms with Gasteiger partial charge in [-0.15, -0.1) is 0 Å². The zero-order valence-corrected chi connectivity index (χ0v) is 9.97. The maximum atomic E-state index is 11.8. The number of benzene rings is 1. The molecule has 1 aliphatic rings. The number of H-pyrrole nitrogens is 1. The first-order valence-corrected chi connectivity index (χ1v) is 5.53. The van der Waals surface area contributed by atoms with Crippen molar-refractivity contribution in [2.45, 2.75) is 6.92 Å². The minimum absolute atomic E-state index is 0.0669. The van der Waals surface area contributed by atoms with E-state index >= 15 is 0 Å². The molecule has 19 heavy (non-hydrogen) atoms. The number of aromatic nitrogens is 2. The van der Waals surface area contributed by atoms with Crippen LogP contribution in [0.2, 0.25) is 0 Å². The summed E-state index contributed by atoms with van der Waals surface area (Å²) >= 11 is 0. The number of fused-ring (bicyclic) bond motifs is 1. The van der Waals surface area contributed by atoms with E-state index in [9.17, 15) is 14.7 Å². The Balaban J connectivity index is 2.26. The van der Waals surface area contributed by atoms with Crippen LogP contribution in [0.15, 0.2) is 27.8 Å². The lowest BCUT2D eigenvalue weighted by Crippen LogP contribution is -2.30. The lowest BCUT2D eigenvalue weighted by molar-refractivity contribution is 0.174. The quantitative estimate of drug-likeness (QED) is 0.769. The molecular weight excluding hydrogens is 252 g/mol. The molecule has 3 rings (SSSR count). The standard InChI is InChI=1S/C12H10N2O5/c1-6-10(15)13-12(17)14(11(6)16)7-2-3-8-9(4-7)19-5-18-8/h2-4,16H,5H2,1H3,(H,13,15,17). The molecule has 7 heteroatoms.